The van der Waals surface area contributed by atoms with E-state index < -0.39 is 0 Å². The summed E-state index contributed by atoms with van der Waals surface area (Å²) in [5, 5.41) is 9.67. The van der Waals surface area contributed by atoms with Crippen molar-refractivity contribution in [1.29, 1.82) is 0 Å². The van der Waals surface area contributed by atoms with Crippen LogP contribution >= 0.6 is 46.9 Å². The lowest BCUT2D eigenvalue weighted by atomic mass is 9.88. The fraction of sp³-hybridized carbons (Fsp3) is 0.500. The third kappa shape index (κ3) is 5.97. The molecule has 2 aliphatic rings. The Bertz CT molecular complexity index is 881. The Balaban J connectivity index is 0.00000272. The number of hydrogen-bond acceptors (Lipinski definition) is 5. The van der Waals surface area contributed by atoms with E-state index in [0.29, 0.717) is 48.2 Å². The van der Waals surface area contributed by atoms with E-state index >= 15 is 0 Å². The largest absolute Gasteiger partial charge is 0.486 e. The van der Waals surface area contributed by atoms with Gasteiger partial charge in [0, 0.05) is 31.1 Å². The molecule has 9 heteroatoms. The predicted octanol–water partition coefficient (Wildman–Crippen LogP) is 4.54. The van der Waals surface area contributed by atoms with Gasteiger partial charge in [-0.3, -0.25) is 9.89 Å². The third-order valence-corrected chi connectivity index (χ3v) is 6.94. The Hall–Kier alpha value is -1.23. The molecular formula is C22H30ClIN4O2S. The van der Waals surface area contributed by atoms with Crippen LogP contribution in [0.15, 0.2) is 34.6 Å². The van der Waals surface area contributed by atoms with Crippen LogP contribution in [0.1, 0.15) is 29.3 Å². The van der Waals surface area contributed by atoms with Gasteiger partial charge in [-0.25, -0.2) is 0 Å². The molecule has 2 aromatic rings. The van der Waals surface area contributed by atoms with Gasteiger partial charge < -0.3 is 20.1 Å². The van der Waals surface area contributed by atoms with Gasteiger partial charge in [0.2, 0.25) is 0 Å². The molecule has 170 valence electrons. The van der Waals surface area contributed by atoms with Gasteiger partial charge in [-0.05, 0) is 61.5 Å². The van der Waals surface area contributed by atoms with Crippen LogP contribution in [-0.2, 0) is 6.54 Å². The van der Waals surface area contributed by atoms with E-state index in [1.54, 1.807) is 7.05 Å². The molecule has 0 bridgehead atoms. The first kappa shape index (κ1) is 24.4. The molecule has 0 amide bonds. The molecule has 0 aliphatic carbocycles. The first-order valence-corrected chi connectivity index (χ1v) is 11.7. The van der Waals surface area contributed by atoms with Crippen molar-refractivity contribution in [3.63, 3.8) is 0 Å². The molecule has 1 saturated heterocycles. The number of aliphatic imine (C=N–C) groups is 1. The van der Waals surface area contributed by atoms with Gasteiger partial charge in [-0.1, -0.05) is 17.7 Å². The summed E-state index contributed by atoms with van der Waals surface area (Å²) in [7, 11) is 4.03. The maximum atomic E-state index is 6.36. The number of likely N-dealkylation sites (tertiary alicyclic amines) is 1. The van der Waals surface area contributed by atoms with E-state index in [1.165, 1.54) is 17.7 Å². The van der Waals surface area contributed by atoms with Gasteiger partial charge in [-0.15, -0.1) is 35.3 Å². The molecule has 0 radical (unpaired) electrons. The molecule has 6 nitrogen and oxygen atoms in total. The molecule has 1 aromatic carbocycles. The molecule has 4 rings (SSSR count). The fourth-order valence-electron chi connectivity index (χ4n) is 4.28. The zero-order valence-electron chi connectivity index (χ0n) is 17.9. The van der Waals surface area contributed by atoms with Crippen molar-refractivity contribution in [2.45, 2.75) is 25.4 Å². The second kappa shape index (κ2) is 11.6. The molecule has 31 heavy (non-hydrogen) atoms. The maximum absolute atomic E-state index is 6.36. The van der Waals surface area contributed by atoms with Crippen LogP contribution < -0.4 is 20.1 Å². The van der Waals surface area contributed by atoms with Crippen LogP contribution in [0.25, 0.3) is 0 Å². The van der Waals surface area contributed by atoms with E-state index in [-0.39, 0.29) is 24.0 Å². The third-order valence-electron chi connectivity index (χ3n) is 5.71. The Morgan fingerprint density at radius 3 is 2.90 bits per heavy atom. The number of thiophene rings is 1. The van der Waals surface area contributed by atoms with Gasteiger partial charge in [0.15, 0.2) is 17.5 Å². The lowest BCUT2D eigenvalue weighted by Gasteiger charge is -2.39. The van der Waals surface area contributed by atoms with Gasteiger partial charge in [0.05, 0.1) is 5.02 Å². The zero-order chi connectivity index (χ0) is 20.9. The number of fused-ring (bicyclic) bond motifs is 1. The van der Waals surface area contributed by atoms with Crippen molar-refractivity contribution in [2.24, 2.45) is 10.9 Å². The number of halogens is 2. The Morgan fingerprint density at radius 2 is 2.13 bits per heavy atom. The highest BCUT2D eigenvalue weighted by Crippen LogP contribution is 2.38. The molecule has 1 fully saturated rings. The van der Waals surface area contributed by atoms with Crippen LogP contribution in [0, 0.1) is 5.92 Å². The fourth-order valence-corrected chi connectivity index (χ4v) is 5.55. The summed E-state index contributed by atoms with van der Waals surface area (Å²) in [5.74, 6) is 2.68. The first-order chi connectivity index (χ1) is 14.7. The summed E-state index contributed by atoms with van der Waals surface area (Å²) < 4.78 is 11.3. The molecule has 2 N–H and O–H groups in total. The van der Waals surface area contributed by atoms with E-state index in [2.05, 4.69) is 45.1 Å². The number of guanidine groups is 1. The van der Waals surface area contributed by atoms with E-state index in [4.69, 9.17) is 21.1 Å². The van der Waals surface area contributed by atoms with Crippen molar-refractivity contribution in [3.8, 4) is 11.5 Å². The lowest BCUT2D eigenvalue weighted by Crippen LogP contribution is -2.44. The van der Waals surface area contributed by atoms with Crippen molar-refractivity contribution in [2.75, 3.05) is 40.4 Å². The first-order valence-electron chi connectivity index (χ1n) is 10.4. The SMILES string of the molecule is CN=C(NCc1cc(Cl)c2c(c1)OCCO2)NCC1CCCN(C)C1c1cccs1.I. The Kier molecular flexibility index (Phi) is 9.12. The van der Waals surface area contributed by atoms with E-state index in [9.17, 15) is 0 Å². The zero-order valence-corrected chi connectivity index (χ0v) is 21.8. The second-order valence-electron chi connectivity index (χ2n) is 7.75. The lowest BCUT2D eigenvalue weighted by molar-refractivity contribution is 0.125. The minimum atomic E-state index is 0. The number of ether oxygens (including phenoxy) is 2. The number of benzene rings is 1. The highest BCUT2D eigenvalue weighted by Gasteiger charge is 2.31. The summed E-state index contributed by atoms with van der Waals surface area (Å²) in [6.07, 6.45) is 2.45. The van der Waals surface area contributed by atoms with Gasteiger partial charge in [0.25, 0.3) is 0 Å². The van der Waals surface area contributed by atoms with Gasteiger partial charge >= 0.3 is 0 Å². The van der Waals surface area contributed by atoms with Crippen molar-refractivity contribution in [1.82, 2.24) is 15.5 Å². The van der Waals surface area contributed by atoms with Crippen molar-refractivity contribution >= 4 is 52.9 Å². The molecule has 2 unspecified atom stereocenters. The predicted molar refractivity (Wildman–Crippen MR) is 138 cm³/mol. The van der Waals surface area contributed by atoms with E-state index in [1.807, 2.05) is 23.5 Å². The minimum absolute atomic E-state index is 0. The average molecular weight is 577 g/mol. The quantitative estimate of drug-likeness (QED) is 0.311. The Labute approximate surface area is 210 Å². The van der Waals surface area contributed by atoms with Crippen LogP contribution in [-0.4, -0.2) is 51.3 Å². The van der Waals surface area contributed by atoms with Crippen LogP contribution in [0.2, 0.25) is 5.02 Å². The second-order valence-corrected chi connectivity index (χ2v) is 9.14. The average Bonchev–Trinajstić information content (AvgIpc) is 3.28. The smallest absolute Gasteiger partial charge is 0.191 e. The molecule has 0 saturated carbocycles. The van der Waals surface area contributed by atoms with Crippen molar-refractivity contribution in [3.05, 3.63) is 45.1 Å². The van der Waals surface area contributed by atoms with Crippen molar-refractivity contribution < 1.29 is 9.47 Å². The highest BCUT2D eigenvalue weighted by molar-refractivity contribution is 14.0. The van der Waals surface area contributed by atoms with Gasteiger partial charge in [-0.2, -0.15) is 0 Å². The summed E-state index contributed by atoms with van der Waals surface area (Å²) in [4.78, 5) is 8.32. The van der Waals surface area contributed by atoms with Gasteiger partial charge in [0.1, 0.15) is 13.2 Å². The number of hydrogen-bond donors (Lipinski definition) is 2. The topological polar surface area (TPSA) is 58.1 Å². The maximum Gasteiger partial charge on any atom is 0.191 e. The number of nitrogens with one attached hydrogen (secondary N) is 2. The summed E-state index contributed by atoms with van der Waals surface area (Å²) >= 11 is 8.20. The molecule has 2 atom stereocenters. The monoisotopic (exact) mass is 576 g/mol. The number of rotatable bonds is 5. The highest BCUT2D eigenvalue weighted by atomic mass is 127. The number of nitrogens with zero attached hydrogens (tertiary/aromatic N) is 2. The summed E-state index contributed by atoms with van der Waals surface area (Å²) in [6.45, 7) is 3.72. The molecule has 3 heterocycles. The Morgan fingerprint density at radius 1 is 1.29 bits per heavy atom. The summed E-state index contributed by atoms with van der Waals surface area (Å²) in [5.41, 5.74) is 1.03. The van der Waals surface area contributed by atoms with E-state index in [0.717, 1.165) is 24.6 Å². The van der Waals surface area contributed by atoms with Crippen LogP contribution in [0.3, 0.4) is 0 Å². The number of piperidine rings is 1. The van der Waals surface area contributed by atoms with Crippen LogP contribution in [0.4, 0.5) is 0 Å². The molecular weight excluding hydrogens is 547 g/mol. The standard InChI is InChI=1S/C22H29ClN4O2S.HI/c1-24-22(25-13-15-11-17(23)21-18(12-15)28-8-9-29-21)26-14-16-5-3-7-27(2)20(16)19-6-4-10-30-19;/h4,6,10-12,16,20H,3,5,7-9,13-14H2,1-2H3,(H2,24,25,26);1H. The van der Waals surface area contributed by atoms with Crippen LogP contribution in [0.5, 0.6) is 11.5 Å². The molecule has 2 aliphatic heterocycles. The summed E-state index contributed by atoms with van der Waals surface area (Å²) in [6, 6.07) is 8.75. The molecule has 0 spiro atoms. The minimum Gasteiger partial charge on any atom is -0.486 e. The molecule has 1 aromatic heterocycles. The normalized spacial score (nSPS) is 21.3.